The fourth-order valence-electron chi connectivity index (χ4n) is 9.63. The van der Waals surface area contributed by atoms with Crippen LogP contribution in [-0.4, -0.2) is 42.4 Å². The average molecular weight is 520 g/mol. The lowest BCUT2D eigenvalue weighted by Gasteiger charge is -2.58. The molecule has 0 radical (unpaired) electrons. The summed E-state index contributed by atoms with van der Waals surface area (Å²) in [5.41, 5.74) is 2.39. The van der Waals surface area contributed by atoms with Crippen molar-refractivity contribution in [2.75, 3.05) is 19.6 Å². The number of rotatable bonds is 5. The largest absolute Gasteiger partial charge is 0.462 e. The van der Waals surface area contributed by atoms with Gasteiger partial charge >= 0.3 is 5.97 Å². The van der Waals surface area contributed by atoms with E-state index in [1.807, 2.05) is 6.92 Å². The van der Waals surface area contributed by atoms with Gasteiger partial charge in [0.05, 0.1) is 6.42 Å². The van der Waals surface area contributed by atoms with Crippen LogP contribution in [0.15, 0.2) is 11.6 Å². The third-order valence-corrected chi connectivity index (χ3v) is 11.5. The zero-order chi connectivity index (χ0) is 25.0. The molecular formula is C31H50ClNO3. The lowest BCUT2D eigenvalue weighted by molar-refractivity contribution is -0.152. The maximum atomic E-state index is 12.7. The molecule has 4 aliphatic carbocycles. The Bertz CT molecular complexity index is 883. The second-order valence-electron chi connectivity index (χ2n) is 14.2. The van der Waals surface area contributed by atoms with E-state index in [9.17, 15) is 9.59 Å². The minimum atomic E-state index is -0.00840. The van der Waals surface area contributed by atoms with Crippen molar-refractivity contribution in [2.45, 2.75) is 111 Å². The molecule has 0 spiro atoms. The van der Waals surface area contributed by atoms with Gasteiger partial charge in [-0.15, -0.1) is 12.4 Å². The first-order valence-corrected chi connectivity index (χ1v) is 14.6. The van der Waals surface area contributed by atoms with Crippen LogP contribution in [0, 0.1) is 39.9 Å². The number of hydrogen-bond acceptors (Lipinski definition) is 4. The van der Waals surface area contributed by atoms with Crippen LogP contribution < -0.4 is 0 Å². The van der Waals surface area contributed by atoms with Crippen molar-refractivity contribution >= 4 is 24.2 Å². The number of esters is 1. The fraction of sp³-hybridized carbons (Fsp3) is 0.871. The van der Waals surface area contributed by atoms with Crippen molar-refractivity contribution in [1.82, 2.24) is 4.90 Å². The van der Waals surface area contributed by atoms with Gasteiger partial charge in [0.2, 0.25) is 0 Å². The monoisotopic (exact) mass is 519 g/mol. The normalized spacial score (nSPS) is 41.7. The topological polar surface area (TPSA) is 46.6 Å². The number of ketones is 1. The molecule has 0 aromatic heterocycles. The van der Waals surface area contributed by atoms with Crippen LogP contribution in [-0.2, 0) is 14.3 Å². The molecule has 5 heteroatoms. The Hall–Kier alpha value is -0.870. The Morgan fingerprint density at radius 3 is 2.53 bits per heavy atom. The third-order valence-electron chi connectivity index (χ3n) is 11.5. The SMILES string of the molecule is CC(=O)[C@H]1CC[C@H]2[C@@H]3CC=C4CC(OC(=O)CCN5CCCC(C)(C)C5)CC[C@]4(C)[C@H]3CC[C@]12C.Cl. The predicted octanol–water partition coefficient (Wildman–Crippen LogP) is 7.00. The average Bonchev–Trinajstić information content (AvgIpc) is 3.15. The van der Waals surface area contributed by atoms with E-state index in [2.05, 4.69) is 38.7 Å². The second kappa shape index (κ2) is 10.4. The lowest BCUT2D eigenvalue weighted by atomic mass is 9.47. The van der Waals surface area contributed by atoms with Crippen LogP contribution >= 0.6 is 12.4 Å². The summed E-state index contributed by atoms with van der Waals surface area (Å²) in [6.07, 6.45) is 14.6. The molecule has 0 N–H and O–H groups in total. The molecule has 7 atom stereocenters. The van der Waals surface area contributed by atoms with Gasteiger partial charge in [0.25, 0.3) is 0 Å². The van der Waals surface area contributed by atoms with Gasteiger partial charge in [0.15, 0.2) is 0 Å². The minimum Gasteiger partial charge on any atom is -0.462 e. The molecule has 4 fully saturated rings. The van der Waals surface area contributed by atoms with Crippen LogP contribution in [0.1, 0.15) is 105 Å². The summed E-state index contributed by atoms with van der Waals surface area (Å²) in [7, 11) is 0. The lowest BCUT2D eigenvalue weighted by Crippen LogP contribution is -2.51. The molecule has 36 heavy (non-hydrogen) atoms. The van der Waals surface area contributed by atoms with Gasteiger partial charge in [-0.1, -0.05) is 39.3 Å². The van der Waals surface area contributed by atoms with Crippen LogP contribution in [0.4, 0.5) is 0 Å². The highest BCUT2D eigenvalue weighted by molar-refractivity contribution is 5.85. The second-order valence-corrected chi connectivity index (χ2v) is 14.2. The summed E-state index contributed by atoms with van der Waals surface area (Å²) < 4.78 is 6.05. The van der Waals surface area contributed by atoms with Crippen molar-refractivity contribution in [1.29, 1.82) is 0 Å². The highest BCUT2D eigenvalue weighted by Crippen LogP contribution is 2.66. The number of halogens is 1. The molecule has 1 aliphatic heterocycles. The summed E-state index contributed by atoms with van der Waals surface area (Å²) in [5, 5.41) is 0. The number of fused-ring (bicyclic) bond motifs is 5. The van der Waals surface area contributed by atoms with E-state index in [1.54, 1.807) is 5.57 Å². The van der Waals surface area contributed by atoms with Gasteiger partial charge in [0, 0.05) is 25.4 Å². The van der Waals surface area contributed by atoms with E-state index < -0.39 is 0 Å². The summed E-state index contributed by atoms with van der Waals surface area (Å²) in [4.78, 5) is 27.6. The molecule has 0 aromatic carbocycles. The van der Waals surface area contributed by atoms with E-state index in [0.29, 0.717) is 23.5 Å². The number of allylic oxidation sites excluding steroid dienone is 1. The molecule has 0 aromatic rings. The van der Waals surface area contributed by atoms with E-state index in [0.717, 1.165) is 63.6 Å². The third kappa shape index (κ3) is 5.07. The first kappa shape index (κ1) is 28.1. The minimum absolute atomic E-state index is 0. The van der Waals surface area contributed by atoms with Crippen molar-refractivity contribution < 1.29 is 14.3 Å². The van der Waals surface area contributed by atoms with E-state index in [4.69, 9.17) is 4.74 Å². The van der Waals surface area contributed by atoms with Crippen molar-refractivity contribution in [3.8, 4) is 0 Å². The summed E-state index contributed by atoms with van der Waals surface area (Å²) in [6, 6.07) is 0. The van der Waals surface area contributed by atoms with Crippen molar-refractivity contribution in [3.05, 3.63) is 11.6 Å². The smallest absolute Gasteiger partial charge is 0.307 e. The molecule has 1 heterocycles. The Morgan fingerprint density at radius 1 is 1.03 bits per heavy atom. The quantitative estimate of drug-likeness (QED) is 0.290. The molecule has 0 amide bonds. The molecule has 4 nitrogen and oxygen atoms in total. The predicted molar refractivity (Wildman–Crippen MR) is 147 cm³/mol. The maximum absolute atomic E-state index is 12.7. The first-order chi connectivity index (χ1) is 16.5. The maximum Gasteiger partial charge on any atom is 0.307 e. The number of carbonyl (C=O) groups is 2. The molecule has 1 saturated heterocycles. The zero-order valence-corrected chi connectivity index (χ0v) is 24.3. The Balaban J connectivity index is 0.00000304. The van der Waals surface area contributed by atoms with Gasteiger partial charge in [-0.05, 0) is 105 Å². The molecular weight excluding hydrogens is 470 g/mol. The Kier molecular flexibility index (Phi) is 8.10. The highest BCUT2D eigenvalue weighted by atomic mass is 35.5. The van der Waals surface area contributed by atoms with Gasteiger partial charge < -0.3 is 9.64 Å². The molecule has 204 valence electrons. The summed E-state index contributed by atoms with van der Waals surface area (Å²) >= 11 is 0. The highest BCUT2D eigenvalue weighted by Gasteiger charge is 2.59. The van der Waals surface area contributed by atoms with Crippen LogP contribution in [0.25, 0.3) is 0 Å². The van der Waals surface area contributed by atoms with Crippen molar-refractivity contribution in [3.63, 3.8) is 0 Å². The molecule has 5 aliphatic rings. The van der Waals surface area contributed by atoms with E-state index in [-0.39, 0.29) is 41.2 Å². The summed E-state index contributed by atoms with van der Waals surface area (Å²) in [6.45, 7) is 14.5. The first-order valence-electron chi connectivity index (χ1n) is 14.6. The Labute approximate surface area is 225 Å². The number of ether oxygens (including phenoxy) is 1. The Morgan fingerprint density at radius 2 is 1.81 bits per heavy atom. The van der Waals surface area contributed by atoms with Gasteiger partial charge in [-0.3, -0.25) is 9.59 Å². The van der Waals surface area contributed by atoms with Crippen molar-refractivity contribution in [2.24, 2.45) is 39.9 Å². The number of piperidine rings is 1. The summed E-state index contributed by atoms with van der Waals surface area (Å²) in [5.74, 6) is 2.83. The van der Waals surface area contributed by atoms with Crippen LogP contribution in [0.5, 0.6) is 0 Å². The molecule has 1 unspecified atom stereocenters. The zero-order valence-electron chi connectivity index (χ0n) is 23.4. The standard InChI is InChI=1S/C31H49NO3.ClH/c1-21(33)25-9-10-26-24-8-7-22-19-23(11-15-30(22,4)27(24)12-16-31(25,26)5)35-28(34)13-18-32-17-6-14-29(2,3)20-32;/h7,23-27H,6,8-20H2,1-5H3;1H/t23?,24-,25+,26-,27-,30-,31+;/m0./s1. The molecule has 0 bridgehead atoms. The van der Waals surface area contributed by atoms with Gasteiger partial charge in [-0.25, -0.2) is 0 Å². The molecule has 3 saturated carbocycles. The number of hydrogen-bond donors (Lipinski definition) is 0. The number of carbonyl (C=O) groups excluding carboxylic acids is 2. The van der Waals surface area contributed by atoms with Crippen LogP contribution in [0.2, 0.25) is 0 Å². The van der Waals surface area contributed by atoms with Gasteiger partial charge in [-0.2, -0.15) is 0 Å². The van der Waals surface area contributed by atoms with E-state index >= 15 is 0 Å². The van der Waals surface area contributed by atoms with Gasteiger partial charge in [0.1, 0.15) is 11.9 Å². The number of likely N-dealkylation sites (tertiary alicyclic amines) is 1. The number of nitrogens with zero attached hydrogens (tertiary/aromatic N) is 1. The van der Waals surface area contributed by atoms with Crippen LogP contribution in [0.3, 0.4) is 0 Å². The fourth-order valence-corrected chi connectivity index (χ4v) is 9.63. The number of Topliss-reactive ketones (excluding diaryl/α,β-unsaturated/α-hetero) is 1. The molecule has 5 rings (SSSR count). The van der Waals surface area contributed by atoms with E-state index in [1.165, 1.54) is 32.1 Å².